The molecule has 4 aromatic carbocycles. The number of aryl methyl sites for hydroxylation is 1. The van der Waals surface area contributed by atoms with E-state index in [4.69, 9.17) is 0 Å². The van der Waals surface area contributed by atoms with E-state index in [1.807, 2.05) is 18.2 Å². The van der Waals surface area contributed by atoms with Gasteiger partial charge >= 0.3 is 0 Å². The lowest BCUT2D eigenvalue weighted by atomic mass is 10.1. The lowest BCUT2D eigenvalue weighted by Crippen LogP contribution is -2.24. The molecule has 0 fully saturated rings. The Labute approximate surface area is 218 Å². The SMILES string of the molecule is Cc1ccccc1.Fc1c(F)c(F)c(N(c2c(F)c(F)c(F)c(F)c2F)c2c(F)c(F)c(F)c(F)c2F)c(F)c1F. The molecule has 0 aliphatic rings. The molecule has 0 radical (unpaired) electrons. The van der Waals surface area contributed by atoms with Crippen molar-refractivity contribution in [1.82, 2.24) is 0 Å². The van der Waals surface area contributed by atoms with E-state index < -0.39 is 109 Å². The second-order valence-corrected chi connectivity index (χ2v) is 7.75. The van der Waals surface area contributed by atoms with E-state index >= 15 is 0 Å². The van der Waals surface area contributed by atoms with Gasteiger partial charge in [0.2, 0.25) is 17.5 Å². The highest BCUT2D eigenvalue weighted by Gasteiger charge is 2.41. The van der Waals surface area contributed by atoms with Crippen molar-refractivity contribution >= 4 is 17.1 Å². The van der Waals surface area contributed by atoms with Crippen LogP contribution in [0.5, 0.6) is 0 Å². The topological polar surface area (TPSA) is 3.24 Å². The van der Waals surface area contributed by atoms with Crippen LogP contribution in [0, 0.1) is 94.2 Å². The van der Waals surface area contributed by atoms with E-state index in [0.717, 1.165) is 0 Å². The van der Waals surface area contributed by atoms with Crippen molar-refractivity contribution in [3.8, 4) is 0 Å². The molecule has 0 amide bonds. The van der Waals surface area contributed by atoms with Crippen LogP contribution in [0.2, 0.25) is 0 Å². The molecule has 0 aromatic heterocycles. The summed E-state index contributed by atoms with van der Waals surface area (Å²) >= 11 is 0. The fourth-order valence-corrected chi connectivity index (χ4v) is 3.24. The molecule has 4 rings (SSSR count). The highest BCUT2D eigenvalue weighted by atomic mass is 19.2. The quantitative estimate of drug-likeness (QED) is 0.128. The largest absolute Gasteiger partial charge is 0.294 e. The molecule has 0 saturated heterocycles. The van der Waals surface area contributed by atoms with Crippen LogP contribution in [0.1, 0.15) is 5.56 Å². The molecule has 218 valence electrons. The van der Waals surface area contributed by atoms with Gasteiger partial charge in [-0.05, 0) is 6.92 Å². The first-order chi connectivity index (χ1) is 19.1. The van der Waals surface area contributed by atoms with Gasteiger partial charge in [0, 0.05) is 0 Å². The number of halogens is 15. The molecule has 0 N–H and O–H groups in total. The number of anilines is 3. The number of rotatable bonds is 3. The van der Waals surface area contributed by atoms with Gasteiger partial charge in [-0.25, -0.2) is 65.9 Å². The molecule has 0 unspecified atom stereocenters. The van der Waals surface area contributed by atoms with E-state index in [1.165, 1.54) is 5.56 Å². The molecule has 41 heavy (non-hydrogen) atoms. The third-order valence-corrected chi connectivity index (χ3v) is 5.17. The second kappa shape index (κ2) is 11.6. The molecule has 0 aliphatic carbocycles. The average molecular weight is 607 g/mol. The van der Waals surface area contributed by atoms with Crippen LogP contribution in [0.15, 0.2) is 30.3 Å². The fourth-order valence-electron chi connectivity index (χ4n) is 3.24. The first kappa shape index (κ1) is 31.2. The van der Waals surface area contributed by atoms with Crippen LogP contribution in [0.4, 0.5) is 82.9 Å². The molecular formula is C25H8F15N. The van der Waals surface area contributed by atoms with Crippen LogP contribution >= 0.6 is 0 Å². The zero-order valence-corrected chi connectivity index (χ0v) is 19.5. The summed E-state index contributed by atoms with van der Waals surface area (Å²) in [4.78, 5) is -1.55. The summed E-state index contributed by atoms with van der Waals surface area (Å²) in [6.45, 7) is 2.08. The molecule has 4 aromatic rings. The zero-order valence-electron chi connectivity index (χ0n) is 19.5. The second-order valence-electron chi connectivity index (χ2n) is 7.75. The smallest absolute Gasteiger partial charge is 0.200 e. The molecular weight excluding hydrogens is 599 g/mol. The van der Waals surface area contributed by atoms with Crippen molar-refractivity contribution in [1.29, 1.82) is 0 Å². The first-order valence-electron chi connectivity index (χ1n) is 10.4. The Morgan fingerprint density at radius 2 is 0.512 bits per heavy atom. The van der Waals surface area contributed by atoms with E-state index in [0.29, 0.717) is 0 Å². The van der Waals surface area contributed by atoms with Gasteiger partial charge < -0.3 is 0 Å². The van der Waals surface area contributed by atoms with Crippen LogP contribution in [0.3, 0.4) is 0 Å². The van der Waals surface area contributed by atoms with Gasteiger partial charge in [0.05, 0.1) is 0 Å². The van der Waals surface area contributed by atoms with Gasteiger partial charge in [-0.1, -0.05) is 35.9 Å². The maximum absolute atomic E-state index is 14.3. The Kier molecular flexibility index (Phi) is 8.83. The summed E-state index contributed by atoms with van der Waals surface area (Å²) in [6.07, 6.45) is 0. The van der Waals surface area contributed by atoms with Crippen molar-refractivity contribution in [2.24, 2.45) is 0 Å². The van der Waals surface area contributed by atoms with E-state index in [1.54, 1.807) is 0 Å². The highest BCUT2D eigenvalue weighted by Crippen LogP contribution is 2.46. The van der Waals surface area contributed by atoms with Crippen molar-refractivity contribution in [2.45, 2.75) is 6.92 Å². The molecule has 1 nitrogen and oxygen atoms in total. The van der Waals surface area contributed by atoms with Gasteiger partial charge in [0.15, 0.2) is 69.8 Å². The maximum atomic E-state index is 14.3. The van der Waals surface area contributed by atoms with Gasteiger partial charge in [0.25, 0.3) is 0 Å². The highest BCUT2D eigenvalue weighted by molar-refractivity contribution is 5.79. The van der Waals surface area contributed by atoms with E-state index in [9.17, 15) is 65.9 Å². The van der Waals surface area contributed by atoms with Crippen LogP contribution in [-0.2, 0) is 0 Å². The van der Waals surface area contributed by atoms with Crippen LogP contribution in [-0.4, -0.2) is 0 Å². The Bertz CT molecular complexity index is 1400. The lowest BCUT2D eigenvalue weighted by molar-refractivity contribution is 0.369. The lowest BCUT2D eigenvalue weighted by Gasteiger charge is -2.28. The molecule has 0 spiro atoms. The maximum Gasteiger partial charge on any atom is 0.200 e. The summed E-state index contributed by atoms with van der Waals surface area (Å²) in [7, 11) is 0. The predicted molar refractivity (Wildman–Crippen MR) is 112 cm³/mol. The molecule has 0 aliphatic heterocycles. The molecule has 0 saturated carbocycles. The van der Waals surface area contributed by atoms with Crippen molar-refractivity contribution in [3.05, 3.63) is 123 Å². The van der Waals surface area contributed by atoms with Gasteiger partial charge in [-0.15, -0.1) is 0 Å². The summed E-state index contributed by atoms with van der Waals surface area (Å²) in [5, 5.41) is 0. The Balaban J connectivity index is 0.000000575. The third-order valence-electron chi connectivity index (χ3n) is 5.17. The minimum Gasteiger partial charge on any atom is -0.294 e. The minimum absolute atomic E-state index is 1.32. The van der Waals surface area contributed by atoms with E-state index in [2.05, 4.69) is 19.1 Å². The Hall–Kier alpha value is -4.37. The summed E-state index contributed by atoms with van der Waals surface area (Å²) < 4.78 is 208. The minimum atomic E-state index is -3.12. The van der Waals surface area contributed by atoms with Crippen molar-refractivity contribution in [3.63, 3.8) is 0 Å². The standard InChI is InChI=1S/C18F15N.C7H8/c19-1-4(22)10(28)16(11(29)5(1)23)34(17-12(30)6(24)2(20)7(25)13(17)31)18-14(32)8(26)3(21)9(27)15(18)33;1-7-5-3-2-4-6-7/h;2-6H,1H3. The van der Waals surface area contributed by atoms with Gasteiger partial charge in [-0.2, -0.15) is 0 Å². The first-order valence-corrected chi connectivity index (χ1v) is 10.4. The van der Waals surface area contributed by atoms with Crippen LogP contribution in [0.25, 0.3) is 0 Å². The van der Waals surface area contributed by atoms with Crippen LogP contribution < -0.4 is 4.90 Å². The fraction of sp³-hybridized carbons (Fsp3) is 0.0400. The van der Waals surface area contributed by atoms with Gasteiger partial charge in [-0.3, -0.25) is 4.90 Å². The Morgan fingerprint density at radius 3 is 0.683 bits per heavy atom. The number of hydrogen-bond acceptors (Lipinski definition) is 1. The Morgan fingerprint density at radius 1 is 0.317 bits per heavy atom. The molecule has 0 bridgehead atoms. The number of nitrogens with zero attached hydrogens (tertiary/aromatic N) is 1. The predicted octanol–water partition coefficient (Wildman–Crippen LogP) is 9.24. The number of hydrogen-bond donors (Lipinski definition) is 0. The summed E-state index contributed by atoms with van der Waals surface area (Å²) in [5.74, 6) is -46.0. The average Bonchev–Trinajstić information content (AvgIpc) is 2.95. The monoisotopic (exact) mass is 607 g/mol. The number of benzene rings is 4. The van der Waals surface area contributed by atoms with Crippen molar-refractivity contribution < 1.29 is 65.9 Å². The summed E-state index contributed by atoms with van der Waals surface area (Å²) in [5.41, 5.74) is -7.21. The van der Waals surface area contributed by atoms with E-state index in [-0.39, 0.29) is 0 Å². The van der Waals surface area contributed by atoms with Crippen molar-refractivity contribution in [2.75, 3.05) is 4.90 Å². The molecule has 0 atom stereocenters. The summed E-state index contributed by atoms with van der Waals surface area (Å²) in [6, 6.07) is 10.3. The normalized spacial score (nSPS) is 10.9. The molecule has 0 heterocycles. The third kappa shape index (κ3) is 5.25. The molecule has 16 heteroatoms. The van der Waals surface area contributed by atoms with Gasteiger partial charge in [0.1, 0.15) is 17.1 Å². The zero-order chi connectivity index (χ0) is 31.1.